The first-order valence-corrected chi connectivity index (χ1v) is 9.01. The molecule has 0 unspecified atom stereocenters. The third kappa shape index (κ3) is 4.34. The first kappa shape index (κ1) is 17.1. The predicted molar refractivity (Wildman–Crippen MR) is 85.4 cm³/mol. The minimum absolute atomic E-state index is 0.0568. The van der Waals surface area contributed by atoms with Crippen LogP contribution in [-0.2, 0) is 10.2 Å². The molecule has 2 rings (SSSR count). The van der Waals surface area contributed by atoms with Crippen LogP contribution in [0.15, 0.2) is 24.3 Å². The molecule has 7 heteroatoms. The summed E-state index contributed by atoms with van der Waals surface area (Å²) in [4.78, 5) is 0. The van der Waals surface area contributed by atoms with Crippen LogP contribution in [0.2, 0.25) is 0 Å². The first-order valence-electron chi connectivity index (χ1n) is 7.57. The molecule has 1 aliphatic heterocycles. The molecular formula is C15H24N2O4S. The summed E-state index contributed by atoms with van der Waals surface area (Å²) in [6, 6.07) is 7.35. The maximum Gasteiger partial charge on any atom is 0.279 e. The van der Waals surface area contributed by atoms with Crippen molar-refractivity contribution in [3.05, 3.63) is 24.3 Å². The molecule has 22 heavy (non-hydrogen) atoms. The Labute approximate surface area is 132 Å². The second-order valence-electron chi connectivity index (χ2n) is 5.35. The molecule has 124 valence electrons. The van der Waals surface area contributed by atoms with Crippen molar-refractivity contribution in [1.82, 2.24) is 9.03 Å². The SMILES string of the molecule is COc1ccccc1OCCNS(=O)(=O)N1CCCC[C@H]1C. The number of benzene rings is 1. The Bertz CT molecular complexity index is 577. The van der Waals surface area contributed by atoms with Gasteiger partial charge in [0.15, 0.2) is 11.5 Å². The van der Waals surface area contributed by atoms with E-state index in [4.69, 9.17) is 9.47 Å². The molecule has 0 aromatic heterocycles. The molecule has 0 aliphatic carbocycles. The lowest BCUT2D eigenvalue weighted by molar-refractivity contribution is 0.261. The molecule has 1 heterocycles. The van der Waals surface area contributed by atoms with Crippen molar-refractivity contribution < 1.29 is 17.9 Å². The van der Waals surface area contributed by atoms with Gasteiger partial charge < -0.3 is 9.47 Å². The first-order chi connectivity index (χ1) is 10.5. The monoisotopic (exact) mass is 328 g/mol. The van der Waals surface area contributed by atoms with Gasteiger partial charge in [-0.1, -0.05) is 18.6 Å². The number of hydrogen-bond acceptors (Lipinski definition) is 4. The molecular weight excluding hydrogens is 304 g/mol. The van der Waals surface area contributed by atoms with Crippen LogP contribution in [0.1, 0.15) is 26.2 Å². The highest BCUT2D eigenvalue weighted by Crippen LogP contribution is 2.25. The van der Waals surface area contributed by atoms with E-state index in [1.54, 1.807) is 23.5 Å². The van der Waals surface area contributed by atoms with Crippen molar-refractivity contribution >= 4 is 10.2 Å². The molecule has 1 N–H and O–H groups in total. The summed E-state index contributed by atoms with van der Waals surface area (Å²) in [6.07, 6.45) is 2.92. The van der Waals surface area contributed by atoms with Crippen LogP contribution in [-0.4, -0.2) is 45.6 Å². The normalized spacial score (nSPS) is 19.8. The number of nitrogens with zero attached hydrogens (tertiary/aromatic N) is 1. The topological polar surface area (TPSA) is 67.9 Å². The van der Waals surface area contributed by atoms with Crippen LogP contribution in [0.25, 0.3) is 0 Å². The number of piperidine rings is 1. The lowest BCUT2D eigenvalue weighted by Gasteiger charge is -2.32. The predicted octanol–water partition coefficient (Wildman–Crippen LogP) is 1.78. The molecule has 0 bridgehead atoms. The van der Waals surface area contributed by atoms with Crippen LogP contribution in [0.5, 0.6) is 11.5 Å². The second-order valence-corrected chi connectivity index (χ2v) is 7.06. The Hall–Kier alpha value is -1.31. The minimum atomic E-state index is -3.43. The highest BCUT2D eigenvalue weighted by molar-refractivity contribution is 7.87. The molecule has 0 saturated carbocycles. The molecule has 0 spiro atoms. The van der Waals surface area contributed by atoms with Crippen molar-refractivity contribution in [2.24, 2.45) is 0 Å². The number of methoxy groups -OCH3 is 1. The van der Waals surface area contributed by atoms with Gasteiger partial charge in [-0.3, -0.25) is 0 Å². The molecule has 1 aromatic carbocycles. The number of hydrogen-bond donors (Lipinski definition) is 1. The third-order valence-electron chi connectivity index (χ3n) is 3.76. The number of rotatable bonds is 7. The van der Waals surface area contributed by atoms with Crippen molar-refractivity contribution in [2.45, 2.75) is 32.2 Å². The maximum atomic E-state index is 12.3. The summed E-state index contributed by atoms with van der Waals surface area (Å²) >= 11 is 0. The molecule has 0 radical (unpaired) electrons. The van der Waals surface area contributed by atoms with Gasteiger partial charge in [-0.05, 0) is 31.9 Å². The van der Waals surface area contributed by atoms with Crippen molar-refractivity contribution in [3.8, 4) is 11.5 Å². The van der Waals surface area contributed by atoms with Gasteiger partial charge in [0.1, 0.15) is 6.61 Å². The molecule has 1 atom stereocenters. The molecule has 1 aromatic rings. The molecule has 6 nitrogen and oxygen atoms in total. The fourth-order valence-electron chi connectivity index (χ4n) is 2.58. The van der Waals surface area contributed by atoms with Gasteiger partial charge in [-0.2, -0.15) is 17.4 Å². The van der Waals surface area contributed by atoms with Gasteiger partial charge in [0.05, 0.1) is 7.11 Å². The van der Waals surface area contributed by atoms with Crippen molar-refractivity contribution in [3.63, 3.8) is 0 Å². The lowest BCUT2D eigenvalue weighted by Crippen LogP contribution is -2.48. The fraction of sp³-hybridized carbons (Fsp3) is 0.600. The third-order valence-corrected chi connectivity index (χ3v) is 5.49. The smallest absolute Gasteiger partial charge is 0.279 e. The largest absolute Gasteiger partial charge is 0.493 e. The number of para-hydroxylation sites is 2. The van der Waals surface area contributed by atoms with Crippen LogP contribution < -0.4 is 14.2 Å². The second kappa shape index (κ2) is 7.80. The van der Waals surface area contributed by atoms with Gasteiger partial charge in [0.2, 0.25) is 0 Å². The maximum absolute atomic E-state index is 12.3. The Morgan fingerprint density at radius 2 is 2.00 bits per heavy atom. The Kier molecular flexibility index (Phi) is 6.05. The van der Waals surface area contributed by atoms with E-state index in [0.29, 0.717) is 18.0 Å². The quantitative estimate of drug-likeness (QED) is 0.775. The van der Waals surface area contributed by atoms with Gasteiger partial charge in [-0.25, -0.2) is 0 Å². The highest BCUT2D eigenvalue weighted by Gasteiger charge is 2.28. The summed E-state index contributed by atoms with van der Waals surface area (Å²) in [5.74, 6) is 1.24. The average molecular weight is 328 g/mol. The standard InChI is InChI=1S/C15H24N2O4S/c1-13-7-5-6-11-17(13)22(18,19)16-10-12-21-15-9-4-3-8-14(15)20-2/h3-4,8-9,13,16H,5-7,10-12H2,1-2H3/t13-/m1/s1. The van der Waals surface area contributed by atoms with Gasteiger partial charge in [0.25, 0.3) is 10.2 Å². The summed E-state index contributed by atoms with van der Waals surface area (Å²) in [5.41, 5.74) is 0. The van der Waals surface area contributed by atoms with Gasteiger partial charge in [-0.15, -0.1) is 0 Å². The summed E-state index contributed by atoms with van der Waals surface area (Å²) < 4.78 is 39.4. The zero-order chi connectivity index (χ0) is 16.0. The van der Waals surface area contributed by atoms with E-state index in [1.165, 1.54) is 0 Å². The van der Waals surface area contributed by atoms with Crippen LogP contribution in [0.3, 0.4) is 0 Å². The van der Waals surface area contributed by atoms with E-state index < -0.39 is 10.2 Å². The van der Waals surface area contributed by atoms with E-state index in [2.05, 4.69) is 4.72 Å². The number of ether oxygens (including phenoxy) is 2. The van der Waals surface area contributed by atoms with Crippen molar-refractivity contribution in [1.29, 1.82) is 0 Å². The lowest BCUT2D eigenvalue weighted by atomic mass is 10.1. The van der Waals surface area contributed by atoms with Crippen molar-refractivity contribution in [2.75, 3.05) is 26.8 Å². The summed E-state index contributed by atoms with van der Waals surface area (Å²) in [6.45, 7) is 3.01. The summed E-state index contributed by atoms with van der Waals surface area (Å²) in [5, 5.41) is 0. The van der Waals surface area contributed by atoms with Gasteiger partial charge in [0, 0.05) is 19.1 Å². The van der Waals surface area contributed by atoms with E-state index in [-0.39, 0.29) is 19.2 Å². The van der Waals surface area contributed by atoms with E-state index in [0.717, 1.165) is 19.3 Å². The molecule has 1 fully saturated rings. The molecule has 1 aliphatic rings. The molecule has 0 amide bonds. The minimum Gasteiger partial charge on any atom is -0.493 e. The van der Waals surface area contributed by atoms with E-state index >= 15 is 0 Å². The fourth-order valence-corrected chi connectivity index (χ4v) is 4.04. The van der Waals surface area contributed by atoms with Crippen LogP contribution in [0, 0.1) is 0 Å². The van der Waals surface area contributed by atoms with Gasteiger partial charge >= 0.3 is 0 Å². The molecule has 1 saturated heterocycles. The zero-order valence-electron chi connectivity index (χ0n) is 13.1. The Balaban J connectivity index is 1.82. The van der Waals surface area contributed by atoms with E-state index in [1.807, 2.05) is 19.1 Å². The zero-order valence-corrected chi connectivity index (χ0v) is 13.9. The average Bonchev–Trinajstić information content (AvgIpc) is 2.52. The highest BCUT2D eigenvalue weighted by atomic mass is 32.2. The van der Waals surface area contributed by atoms with E-state index in [9.17, 15) is 8.42 Å². The Morgan fingerprint density at radius 3 is 2.68 bits per heavy atom. The summed E-state index contributed by atoms with van der Waals surface area (Å²) in [7, 11) is -1.86. The van der Waals surface area contributed by atoms with Crippen LogP contribution >= 0.6 is 0 Å². The van der Waals surface area contributed by atoms with Crippen LogP contribution in [0.4, 0.5) is 0 Å². The number of nitrogens with one attached hydrogen (secondary N) is 1. The Morgan fingerprint density at radius 1 is 1.27 bits per heavy atom.